The predicted molar refractivity (Wildman–Crippen MR) is 77.0 cm³/mol. The molecule has 3 rings (SSSR count). The molecule has 0 heterocycles. The van der Waals surface area contributed by atoms with Gasteiger partial charge in [0.25, 0.3) is 0 Å². The largest absolute Gasteiger partial charge is 0.478 e. The number of fused-ring (bicyclic) bond motifs is 1. The Kier molecular flexibility index (Phi) is 3.36. The molecule has 2 aromatic carbocycles. The van der Waals surface area contributed by atoms with E-state index < -0.39 is 5.97 Å². The van der Waals surface area contributed by atoms with Gasteiger partial charge in [-0.15, -0.1) is 0 Å². The molecule has 0 aromatic heterocycles. The quantitative estimate of drug-likeness (QED) is 0.915. The maximum atomic E-state index is 11.2. The van der Waals surface area contributed by atoms with Crippen LogP contribution in [0.3, 0.4) is 0 Å². The summed E-state index contributed by atoms with van der Waals surface area (Å²) < 4.78 is 5.71. The second kappa shape index (κ2) is 5.17. The molecule has 3 nitrogen and oxygen atoms in total. The van der Waals surface area contributed by atoms with Gasteiger partial charge in [0.05, 0.1) is 5.02 Å². The van der Waals surface area contributed by atoms with E-state index in [2.05, 4.69) is 0 Å². The predicted octanol–water partition coefficient (Wildman–Crippen LogP) is 4.32. The number of ether oxygens (including phenoxy) is 1. The molecule has 0 unspecified atom stereocenters. The number of para-hydroxylation sites is 1. The summed E-state index contributed by atoms with van der Waals surface area (Å²) in [7, 11) is 0. The summed E-state index contributed by atoms with van der Waals surface area (Å²) in [6, 6.07) is 10.6. The number of carbonyl (C=O) groups is 1. The maximum Gasteiger partial charge on any atom is 0.339 e. The van der Waals surface area contributed by atoms with Gasteiger partial charge in [-0.05, 0) is 54.7 Å². The standard InChI is InChI=1S/C16H13ClO3/c17-14-6-2-5-13(16(18)19)15(14)20-12-8-7-10-3-1-4-11(10)9-12/h2,5-9H,1,3-4H2,(H,18,19). The van der Waals surface area contributed by atoms with Crippen molar-refractivity contribution in [3.05, 3.63) is 58.1 Å². The Labute approximate surface area is 121 Å². The summed E-state index contributed by atoms with van der Waals surface area (Å²) in [4.78, 5) is 11.2. The summed E-state index contributed by atoms with van der Waals surface area (Å²) in [6.45, 7) is 0. The normalized spacial score (nSPS) is 13.1. The van der Waals surface area contributed by atoms with Gasteiger partial charge in [-0.3, -0.25) is 0 Å². The minimum absolute atomic E-state index is 0.0676. The molecule has 0 aliphatic heterocycles. The van der Waals surface area contributed by atoms with E-state index in [1.165, 1.54) is 17.2 Å². The Morgan fingerprint density at radius 1 is 1.15 bits per heavy atom. The average molecular weight is 289 g/mol. The Bertz CT molecular complexity index is 679. The van der Waals surface area contributed by atoms with E-state index in [0.29, 0.717) is 10.8 Å². The summed E-state index contributed by atoms with van der Waals surface area (Å²) in [6.07, 6.45) is 3.30. The van der Waals surface area contributed by atoms with Gasteiger partial charge >= 0.3 is 5.97 Å². The van der Waals surface area contributed by atoms with Crippen molar-refractivity contribution in [2.45, 2.75) is 19.3 Å². The first kappa shape index (κ1) is 13.0. The summed E-state index contributed by atoms with van der Waals surface area (Å²) >= 11 is 6.05. The SMILES string of the molecule is O=C(O)c1cccc(Cl)c1Oc1ccc2c(c1)CCC2. The molecule has 0 saturated heterocycles. The van der Waals surface area contributed by atoms with Crippen LogP contribution in [0.1, 0.15) is 27.9 Å². The molecule has 0 radical (unpaired) electrons. The zero-order valence-corrected chi connectivity index (χ0v) is 11.5. The van der Waals surface area contributed by atoms with Crippen LogP contribution in [-0.2, 0) is 12.8 Å². The van der Waals surface area contributed by atoms with Crippen molar-refractivity contribution in [1.29, 1.82) is 0 Å². The highest BCUT2D eigenvalue weighted by atomic mass is 35.5. The van der Waals surface area contributed by atoms with Gasteiger partial charge in [0, 0.05) is 0 Å². The first-order valence-electron chi connectivity index (χ1n) is 6.46. The van der Waals surface area contributed by atoms with Crippen molar-refractivity contribution in [3.8, 4) is 11.5 Å². The van der Waals surface area contributed by atoms with Gasteiger partial charge in [0.2, 0.25) is 0 Å². The van der Waals surface area contributed by atoms with E-state index in [9.17, 15) is 9.90 Å². The number of hydrogen-bond donors (Lipinski definition) is 1. The molecule has 0 saturated carbocycles. The highest BCUT2D eigenvalue weighted by Crippen LogP contribution is 2.35. The average Bonchev–Trinajstić information content (AvgIpc) is 2.88. The lowest BCUT2D eigenvalue weighted by Crippen LogP contribution is -2.00. The van der Waals surface area contributed by atoms with E-state index in [1.807, 2.05) is 18.2 Å². The van der Waals surface area contributed by atoms with Crippen LogP contribution in [0.15, 0.2) is 36.4 Å². The molecule has 0 atom stereocenters. The lowest BCUT2D eigenvalue weighted by molar-refractivity contribution is 0.0694. The van der Waals surface area contributed by atoms with Crippen molar-refractivity contribution in [2.75, 3.05) is 0 Å². The fourth-order valence-electron chi connectivity index (χ4n) is 2.51. The van der Waals surface area contributed by atoms with Gasteiger partial charge in [-0.25, -0.2) is 4.79 Å². The topological polar surface area (TPSA) is 46.5 Å². The second-order valence-corrected chi connectivity index (χ2v) is 5.22. The fourth-order valence-corrected chi connectivity index (χ4v) is 2.72. The molecule has 1 N–H and O–H groups in total. The lowest BCUT2D eigenvalue weighted by atomic mass is 10.1. The third kappa shape index (κ3) is 2.37. The van der Waals surface area contributed by atoms with Gasteiger partial charge in [-0.2, -0.15) is 0 Å². The second-order valence-electron chi connectivity index (χ2n) is 4.81. The van der Waals surface area contributed by atoms with Crippen LogP contribution in [0.5, 0.6) is 11.5 Å². The van der Waals surface area contributed by atoms with Gasteiger partial charge in [0.15, 0.2) is 5.75 Å². The first-order chi connectivity index (χ1) is 9.65. The maximum absolute atomic E-state index is 11.2. The third-order valence-corrected chi connectivity index (χ3v) is 3.78. The van der Waals surface area contributed by atoms with Crippen LogP contribution in [0.25, 0.3) is 0 Å². The van der Waals surface area contributed by atoms with Crippen LogP contribution >= 0.6 is 11.6 Å². The Hall–Kier alpha value is -2.00. The zero-order valence-electron chi connectivity index (χ0n) is 10.7. The van der Waals surface area contributed by atoms with Crippen molar-refractivity contribution in [2.24, 2.45) is 0 Å². The van der Waals surface area contributed by atoms with Crippen molar-refractivity contribution in [3.63, 3.8) is 0 Å². The van der Waals surface area contributed by atoms with Gasteiger partial charge < -0.3 is 9.84 Å². The summed E-state index contributed by atoms with van der Waals surface area (Å²) in [5.74, 6) is -0.232. The number of aryl methyl sites for hydroxylation is 2. The number of aromatic carboxylic acids is 1. The molecular formula is C16H13ClO3. The lowest BCUT2D eigenvalue weighted by Gasteiger charge is -2.11. The van der Waals surface area contributed by atoms with Crippen LogP contribution in [-0.4, -0.2) is 11.1 Å². The Morgan fingerprint density at radius 2 is 1.95 bits per heavy atom. The minimum Gasteiger partial charge on any atom is -0.478 e. The minimum atomic E-state index is -1.05. The zero-order chi connectivity index (χ0) is 14.1. The number of benzene rings is 2. The van der Waals surface area contributed by atoms with E-state index in [0.717, 1.165) is 19.3 Å². The van der Waals surface area contributed by atoms with Crippen LogP contribution in [0.2, 0.25) is 5.02 Å². The molecule has 2 aromatic rings. The van der Waals surface area contributed by atoms with Crippen molar-refractivity contribution >= 4 is 17.6 Å². The van der Waals surface area contributed by atoms with E-state index in [1.54, 1.807) is 12.1 Å². The molecule has 1 aliphatic rings. The highest BCUT2D eigenvalue weighted by molar-refractivity contribution is 6.32. The summed E-state index contributed by atoms with van der Waals surface area (Å²) in [5, 5.41) is 9.48. The molecule has 4 heteroatoms. The van der Waals surface area contributed by atoms with E-state index >= 15 is 0 Å². The molecule has 0 amide bonds. The van der Waals surface area contributed by atoms with E-state index in [4.69, 9.17) is 16.3 Å². The molecule has 20 heavy (non-hydrogen) atoms. The van der Waals surface area contributed by atoms with Crippen molar-refractivity contribution < 1.29 is 14.6 Å². The third-order valence-electron chi connectivity index (χ3n) is 3.49. The number of rotatable bonds is 3. The Balaban J connectivity index is 1.97. The van der Waals surface area contributed by atoms with Crippen LogP contribution in [0, 0.1) is 0 Å². The van der Waals surface area contributed by atoms with Crippen LogP contribution < -0.4 is 4.74 Å². The van der Waals surface area contributed by atoms with Gasteiger partial charge in [-0.1, -0.05) is 23.7 Å². The highest BCUT2D eigenvalue weighted by Gasteiger charge is 2.17. The van der Waals surface area contributed by atoms with E-state index in [-0.39, 0.29) is 11.3 Å². The number of halogens is 1. The molecule has 1 aliphatic carbocycles. The molecule has 0 bridgehead atoms. The molecule has 0 fully saturated rings. The molecule has 0 spiro atoms. The fraction of sp³-hybridized carbons (Fsp3) is 0.188. The first-order valence-corrected chi connectivity index (χ1v) is 6.84. The van der Waals surface area contributed by atoms with Crippen molar-refractivity contribution in [1.82, 2.24) is 0 Å². The van der Waals surface area contributed by atoms with Crippen LogP contribution in [0.4, 0.5) is 0 Å². The molecule has 102 valence electrons. The number of carboxylic acid groups (broad SMARTS) is 1. The summed E-state index contributed by atoms with van der Waals surface area (Å²) in [5.41, 5.74) is 2.68. The Morgan fingerprint density at radius 3 is 2.75 bits per heavy atom. The smallest absolute Gasteiger partial charge is 0.339 e. The number of carboxylic acids is 1. The number of hydrogen-bond acceptors (Lipinski definition) is 2. The molecular weight excluding hydrogens is 276 g/mol. The monoisotopic (exact) mass is 288 g/mol. The van der Waals surface area contributed by atoms with Gasteiger partial charge in [0.1, 0.15) is 11.3 Å².